The standard InChI is InChI=1S/C20H24O5S/c1-15-3-5-16(6-4-15)7-12-19(20(21)22)26(23)14-13-25-18-10-8-17(24-2)9-11-18/h3-6,8-11,19H,7,12-14H2,1-2H3,(H,21,22). The first kappa shape index (κ1) is 20.0. The highest BCUT2D eigenvalue weighted by Gasteiger charge is 2.24. The van der Waals surface area contributed by atoms with Gasteiger partial charge in [-0.2, -0.15) is 0 Å². The maximum absolute atomic E-state index is 12.4. The molecule has 0 saturated heterocycles. The third kappa shape index (κ3) is 6.19. The zero-order chi connectivity index (χ0) is 18.9. The lowest BCUT2D eigenvalue weighted by molar-refractivity contribution is -0.136. The van der Waals surface area contributed by atoms with Crippen molar-refractivity contribution in [1.29, 1.82) is 0 Å². The highest BCUT2D eigenvalue weighted by molar-refractivity contribution is 7.86. The van der Waals surface area contributed by atoms with Crippen LogP contribution in [0.2, 0.25) is 0 Å². The summed E-state index contributed by atoms with van der Waals surface area (Å²) >= 11 is 0. The molecule has 0 aliphatic heterocycles. The van der Waals surface area contributed by atoms with Gasteiger partial charge in [-0.1, -0.05) is 29.8 Å². The van der Waals surface area contributed by atoms with Crippen molar-refractivity contribution in [3.63, 3.8) is 0 Å². The van der Waals surface area contributed by atoms with Crippen LogP contribution in [0.1, 0.15) is 17.5 Å². The van der Waals surface area contributed by atoms with E-state index in [0.29, 0.717) is 18.6 Å². The van der Waals surface area contributed by atoms with E-state index in [1.54, 1.807) is 31.4 Å². The van der Waals surface area contributed by atoms with Crippen molar-refractivity contribution >= 4 is 16.8 Å². The predicted molar refractivity (Wildman–Crippen MR) is 102 cm³/mol. The quantitative estimate of drug-likeness (QED) is 0.689. The van der Waals surface area contributed by atoms with Gasteiger partial charge < -0.3 is 14.6 Å². The van der Waals surface area contributed by atoms with E-state index in [0.717, 1.165) is 16.9 Å². The van der Waals surface area contributed by atoms with Gasteiger partial charge in [0.2, 0.25) is 0 Å². The number of benzene rings is 2. The molecule has 0 saturated carbocycles. The van der Waals surface area contributed by atoms with E-state index in [1.165, 1.54) is 0 Å². The van der Waals surface area contributed by atoms with Crippen LogP contribution in [0.15, 0.2) is 48.5 Å². The van der Waals surface area contributed by atoms with E-state index in [-0.39, 0.29) is 12.4 Å². The van der Waals surface area contributed by atoms with E-state index in [9.17, 15) is 14.1 Å². The Morgan fingerprint density at radius 2 is 1.69 bits per heavy atom. The number of hydrogen-bond acceptors (Lipinski definition) is 4. The second kappa shape index (κ2) is 9.97. The number of carboxylic acid groups (broad SMARTS) is 1. The van der Waals surface area contributed by atoms with Gasteiger partial charge in [-0.15, -0.1) is 0 Å². The Labute approximate surface area is 156 Å². The van der Waals surface area contributed by atoms with Crippen molar-refractivity contribution in [3.05, 3.63) is 59.7 Å². The minimum Gasteiger partial charge on any atom is -0.497 e. The average molecular weight is 376 g/mol. The van der Waals surface area contributed by atoms with Crippen LogP contribution < -0.4 is 9.47 Å². The molecule has 2 aromatic rings. The van der Waals surface area contributed by atoms with Gasteiger partial charge in [0.1, 0.15) is 16.7 Å². The normalized spacial score (nSPS) is 13.0. The fraction of sp³-hybridized carbons (Fsp3) is 0.350. The monoisotopic (exact) mass is 376 g/mol. The van der Waals surface area contributed by atoms with Crippen LogP contribution in [0.3, 0.4) is 0 Å². The van der Waals surface area contributed by atoms with Crippen LogP contribution in [0.5, 0.6) is 11.5 Å². The maximum Gasteiger partial charge on any atom is 0.319 e. The first-order valence-corrected chi connectivity index (χ1v) is 9.80. The van der Waals surface area contributed by atoms with Crippen LogP contribution in [0.4, 0.5) is 0 Å². The Hall–Kier alpha value is -2.34. The first-order valence-electron chi connectivity index (χ1n) is 8.42. The number of aliphatic carboxylic acids is 1. The highest BCUT2D eigenvalue weighted by Crippen LogP contribution is 2.17. The highest BCUT2D eigenvalue weighted by atomic mass is 32.2. The van der Waals surface area contributed by atoms with Gasteiger partial charge in [0.25, 0.3) is 0 Å². The van der Waals surface area contributed by atoms with Gasteiger partial charge >= 0.3 is 5.97 Å². The third-order valence-electron chi connectivity index (χ3n) is 4.02. The zero-order valence-corrected chi connectivity index (χ0v) is 15.8. The second-order valence-corrected chi connectivity index (χ2v) is 7.70. The molecule has 5 nitrogen and oxygen atoms in total. The maximum atomic E-state index is 12.4. The fourth-order valence-electron chi connectivity index (χ4n) is 2.48. The van der Waals surface area contributed by atoms with Crippen LogP contribution in [-0.4, -0.2) is 40.0 Å². The van der Waals surface area contributed by atoms with Gasteiger partial charge in [-0.3, -0.25) is 9.00 Å². The lowest BCUT2D eigenvalue weighted by Crippen LogP contribution is -2.29. The predicted octanol–water partition coefficient (Wildman–Crippen LogP) is 3.22. The van der Waals surface area contributed by atoms with Crippen LogP contribution in [0.25, 0.3) is 0 Å². The molecule has 0 spiro atoms. The Morgan fingerprint density at radius 1 is 1.08 bits per heavy atom. The molecule has 0 fully saturated rings. The Balaban J connectivity index is 1.83. The molecule has 2 rings (SSSR count). The van der Waals surface area contributed by atoms with E-state index < -0.39 is 22.0 Å². The summed E-state index contributed by atoms with van der Waals surface area (Å²) in [4.78, 5) is 11.5. The first-order chi connectivity index (χ1) is 12.5. The lowest BCUT2D eigenvalue weighted by atomic mass is 10.1. The Morgan fingerprint density at radius 3 is 2.27 bits per heavy atom. The molecule has 0 aromatic heterocycles. The Kier molecular flexibility index (Phi) is 7.66. The zero-order valence-electron chi connectivity index (χ0n) is 15.0. The van der Waals surface area contributed by atoms with Crippen molar-refractivity contribution in [2.75, 3.05) is 19.5 Å². The number of carboxylic acids is 1. The summed E-state index contributed by atoms with van der Waals surface area (Å²) in [6.45, 7) is 2.20. The van der Waals surface area contributed by atoms with Crippen molar-refractivity contribution in [1.82, 2.24) is 0 Å². The summed E-state index contributed by atoms with van der Waals surface area (Å²) < 4.78 is 23.0. The molecule has 2 atom stereocenters. The number of rotatable bonds is 10. The fourth-order valence-corrected chi connectivity index (χ4v) is 3.61. The van der Waals surface area contributed by atoms with Crippen LogP contribution in [0, 0.1) is 6.92 Å². The molecule has 0 radical (unpaired) electrons. The minimum absolute atomic E-state index is 0.177. The topological polar surface area (TPSA) is 72.8 Å². The molecule has 2 aromatic carbocycles. The van der Waals surface area contributed by atoms with Crippen molar-refractivity contribution in [2.24, 2.45) is 0 Å². The smallest absolute Gasteiger partial charge is 0.319 e. The van der Waals surface area contributed by atoms with Crippen molar-refractivity contribution in [2.45, 2.75) is 25.0 Å². The summed E-state index contributed by atoms with van der Waals surface area (Å²) in [6.07, 6.45) is 0.926. The average Bonchev–Trinajstić information content (AvgIpc) is 2.63. The molecule has 0 amide bonds. The molecule has 1 N–H and O–H groups in total. The number of aryl methyl sites for hydroxylation is 2. The van der Waals surface area contributed by atoms with Crippen molar-refractivity contribution < 1.29 is 23.6 Å². The third-order valence-corrected chi connectivity index (χ3v) is 5.66. The van der Waals surface area contributed by atoms with Gasteiger partial charge in [-0.25, -0.2) is 0 Å². The van der Waals surface area contributed by atoms with E-state index in [1.807, 2.05) is 31.2 Å². The van der Waals surface area contributed by atoms with Gasteiger partial charge in [-0.05, 0) is 49.6 Å². The minimum atomic E-state index is -1.49. The molecule has 2 unspecified atom stereocenters. The van der Waals surface area contributed by atoms with Crippen LogP contribution in [-0.2, 0) is 22.0 Å². The number of methoxy groups -OCH3 is 1. The molecule has 0 aliphatic rings. The van der Waals surface area contributed by atoms with Gasteiger partial charge in [0, 0.05) is 10.8 Å². The Bertz CT molecular complexity index is 725. The van der Waals surface area contributed by atoms with Crippen molar-refractivity contribution in [3.8, 4) is 11.5 Å². The van der Waals surface area contributed by atoms with Gasteiger partial charge in [0.15, 0.2) is 0 Å². The summed E-state index contributed by atoms with van der Waals surface area (Å²) in [5, 5.41) is 8.50. The van der Waals surface area contributed by atoms with Crippen LogP contribution >= 0.6 is 0 Å². The summed E-state index contributed by atoms with van der Waals surface area (Å²) in [7, 11) is 0.0901. The SMILES string of the molecule is COc1ccc(OCCS(=O)C(CCc2ccc(C)cc2)C(=O)O)cc1. The molecule has 0 heterocycles. The largest absolute Gasteiger partial charge is 0.497 e. The molecule has 6 heteroatoms. The number of ether oxygens (including phenoxy) is 2. The second-order valence-electron chi connectivity index (χ2n) is 5.96. The molecular weight excluding hydrogens is 352 g/mol. The summed E-state index contributed by atoms with van der Waals surface area (Å²) in [6, 6.07) is 15.0. The molecule has 26 heavy (non-hydrogen) atoms. The molecule has 0 aliphatic carbocycles. The molecular formula is C20H24O5S. The number of carbonyl (C=O) groups is 1. The molecule has 140 valence electrons. The van der Waals surface area contributed by atoms with E-state index in [4.69, 9.17) is 9.47 Å². The van der Waals surface area contributed by atoms with E-state index >= 15 is 0 Å². The summed E-state index contributed by atoms with van der Waals surface area (Å²) in [5.41, 5.74) is 2.20. The van der Waals surface area contributed by atoms with Gasteiger partial charge in [0.05, 0.1) is 19.5 Å². The lowest BCUT2D eigenvalue weighted by Gasteiger charge is -2.13. The number of hydrogen-bond donors (Lipinski definition) is 1. The molecule has 0 bridgehead atoms. The summed E-state index contributed by atoms with van der Waals surface area (Å²) in [5.74, 6) is 0.508. The van der Waals surface area contributed by atoms with E-state index in [2.05, 4.69) is 0 Å².